The zero-order valence-corrected chi connectivity index (χ0v) is 18.8. The third kappa shape index (κ3) is 5.65. The molecule has 0 atom stereocenters. The molecule has 0 unspecified atom stereocenters. The lowest BCUT2D eigenvalue weighted by Gasteiger charge is -2.52. The van der Waals surface area contributed by atoms with Crippen molar-refractivity contribution in [3.63, 3.8) is 0 Å². The first-order chi connectivity index (χ1) is 14.1. The van der Waals surface area contributed by atoms with Crippen LogP contribution in [0.25, 0.3) is 0 Å². The molecule has 3 rings (SSSR count). The van der Waals surface area contributed by atoms with Gasteiger partial charge in [-0.25, -0.2) is 17.6 Å². The molecule has 1 aromatic rings. The van der Waals surface area contributed by atoms with Crippen LogP contribution in [0.5, 0.6) is 5.75 Å². The van der Waals surface area contributed by atoms with Crippen LogP contribution in [-0.4, -0.2) is 51.5 Å². The molecule has 0 aromatic heterocycles. The Morgan fingerprint density at radius 1 is 1.27 bits per heavy atom. The number of hydrogen-bond donors (Lipinski definition) is 0. The van der Waals surface area contributed by atoms with E-state index in [0.717, 1.165) is 51.1 Å². The first kappa shape index (κ1) is 22.8. The summed E-state index contributed by atoms with van der Waals surface area (Å²) in [6.45, 7) is 5.67. The van der Waals surface area contributed by atoms with Gasteiger partial charge < -0.3 is 14.4 Å². The average molecular weight is 442 g/mol. The number of carbonyl (C=O) groups is 1. The highest BCUT2D eigenvalue weighted by Crippen LogP contribution is 2.54. The van der Waals surface area contributed by atoms with Crippen molar-refractivity contribution in [3.8, 4) is 5.75 Å². The van der Waals surface area contributed by atoms with Gasteiger partial charge in [-0.1, -0.05) is 0 Å². The van der Waals surface area contributed by atoms with E-state index in [4.69, 9.17) is 9.47 Å². The number of amides is 1. The van der Waals surface area contributed by atoms with Crippen molar-refractivity contribution in [1.29, 1.82) is 0 Å². The van der Waals surface area contributed by atoms with E-state index in [1.165, 1.54) is 25.0 Å². The minimum Gasteiger partial charge on any atom is -0.491 e. The minimum absolute atomic E-state index is 0.0457. The molecule has 1 aliphatic heterocycles. The van der Waals surface area contributed by atoms with Crippen molar-refractivity contribution in [2.45, 2.75) is 63.4 Å². The van der Waals surface area contributed by atoms with Crippen LogP contribution in [0.1, 0.15) is 52.4 Å². The lowest BCUT2D eigenvalue weighted by Crippen LogP contribution is -2.49. The molecule has 0 bridgehead atoms. The number of hydrogen-bond acceptors (Lipinski definition) is 5. The van der Waals surface area contributed by atoms with Crippen LogP contribution in [0.3, 0.4) is 0 Å². The third-order valence-electron chi connectivity index (χ3n) is 6.21. The maximum Gasteiger partial charge on any atom is 0.410 e. The quantitative estimate of drug-likeness (QED) is 0.586. The highest BCUT2D eigenvalue weighted by Gasteiger charge is 2.46. The van der Waals surface area contributed by atoms with Gasteiger partial charge in [0, 0.05) is 19.3 Å². The highest BCUT2D eigenvalue weighted by molar-refractivity contribution is 7.90. The summed E-state index contributed by atoms with van der Waals surface area (Å²) in [6.07, 6.45) is 7.05. The number of ether oxygens (including phenoxy) is 2. The lowest BCUT2D eigenvalue weighted by molar-refractivity contribution is -0.0204. The summed E-state index contributed by atoms with van der Waals surface area (Å²) in [4.78, 5) is 13.8. The fraction of sp³-hybridized carbons (Fsp3) is 0.682. The smallest absolute Gasteiger partial charge is 0.410 e. The van der Waals surface area contributed by atoms with Crippen molar-refractivity contribution in [1.82, 2.24) is 4.90 Å². The van der Waals surface area contributed by atoms with Gasteiger partial charge in [0.1, 0.15) is 0 Å². The molecule has 1 aromatic carbocycles. The first-order valence-corrected chi connectivity index (χ1v) is 12.6. The van der Waals surface area contributed by atoms with E-state index >= 15 is 0 Å². The third-order valence-corrected chi connectivity index (χ3v) is 7.32. The van der Waals surface area contributed by atoms with E-state index in [1.54, 1.807) is 0 Å². The standard InChI is InChI=1S/C22H32FNO5S/c1-16(2)29-21(25)24-10-8-22(9-11-24)14-17(15-22)5-4-12-28-20-7-6-18(13-19(20)23)30(3,26)27/h6-7,13,16-17H,4-5,8-12,14-15H2,1-3H3. The molecule has 2 fully saturated rings. The van der Waals surface area contributed by atoms with E-state index in [2.05, 4.69) is 0 Å². The van der Waals surface area contributed by atoms with Gasteiger partial charge in [-0.05, 0) is 81.9 Å². The number of sulfone groups is 1. The Hall–Kier alpha value is -1.83. The SMILES string of the molecule is CC(C)OC(=O)N1CCC2(CC1)CC(CCCOc1ccc(S(C)(=O)=O)cc1F)C2. The summed E-state index contributed by atoms with van der Waals surface area (Å²) >= 11 is 0. The van der Waals surface area contributed by atoms with Crippen LogP contribution in [0.4, 0.5) is 9.18 Å². The lowest BCUT2D eigenvalue weighted by atomic mass is 9.56. The van der Waals surface area contributed by atoms with E-state index in [0.29, 0.717) is 17.9 Å². The Morgan fingerprint density at radius 2 is 1.93 bits per heavy atom. The molecule has 1 saturated heterocycles. The van der Waals surface area contributed by atoms with Crippen LogP contribution in [0.2, 0.25) is 0 Å². The normalized spacial score (nSPS) is 19.0. The van der Waals surface area contributed by atoms with Crippen LogP contribution in [-0.2, 0) is 14.6 Å². The molecule has 1 saturated carbocycles. The Bertz CT molecular complexity index is 854. The summed E-state index contributed by atoms with van der Waals surface area (Å²) in [5.74, 6) is 0.0941. The number of likely N-dealkylation sites (tertiary alicyclic amines) is 1. The van der Waals surface area contributed by atoms with Crippen LogP contribution in [0, 0.1) is 17.2 Å². The predicted octanol–water partition coefficient (Wildman–Crippen LogP) is 4.43. The zero-order valence-electron chi connectivity index (χ0n) is 18.0. The molecule has 8 heteroatoms. The number of nitrogens with zero attached hydrogens (tertiary/aromatic N) is 1. The molecule has 2 aliphatic rings. The van der Waals surface area contributed by atoms with Gasteiger partial charge >= 0.3 is 6.09 Å². The fourth-order valence-corrected chi connectivity index (χ4v) is 5.23. The number of rotatable bonds is 7. The Morgan fingerprint density at radius 3 is 2.50 bits per heavy atom. The average Bonchev–Trinajstić information content (AvgIpc) is 2.63. The molecule has 1 spiro atoms. The Kier molecular flexibility index (Phi) is 6.95. The summed E-state index contributed by atoms with van der Waals surface area (Å²) in [6, 6.07) is 3.75. The van der Waals surface area contributed by atoms with E-state index < -0.39 is 15.7 Å². The van der Waals surface area contributed by atoms with Gasteiger partial charge in [0.25, 0.3) is 0 Å². The van der Waals surface area contributed by atoms with Crippen molar-refractivity contribution in [2.24, 2.45) is 11.3 Å². The van der Waals surface area contributed by atoms with Gasteiger partial charge in [0.15, 0.2) is 21.4 Å². The maximum atomic E-state index is 14.0. The number of carbonyl (C=O) groups excluding carboxylic acids is 1. The second-order valence-corrected chi connectivity index (χ2v) is 11.1. The van der Waals surface area contributed by atoms with Gasteiger partial charge in [-0.15, -0.1) is 0 Å². The van der Waals surface area contributed by atoms with E-state index in [-0.39, 0.29) is 22.8 Å². The molecule has 0 N–H and O–H groups in total. The second kappa shape index (κ2) is 9.12. The largest absolute Gasteiger partial charge is 0.491 e. The highest BCUT2D eigenvalue weighted by atomic mass is 32.2. The molecule has 1 amide bonds. The molecule has 6 nitrogen and oxygen atoms in total. The molecule has 1 heterocycles. The molecule has 1 aliphatic carbocycles. The Balaban J connectivity index is 1.35. The van der Waals surface area contributed by atoms with Crippen molar-refractivity contribution < 1.29 is 27.1 Å². The van der Waals surface area contributed by atoms with Crippen LogP contribution in [0.15, 0.2) is 23.1 Å². The second-order valence-electron chi connectivity index (χ2n) is 9.05. The maximum absolute atomic E-state index is 14.0. The predicted molar refractivity (Wildman–Crippen MR) is 112 cm³/mol. The van der Waals surface area contributed by atoms with Crippen LogP contribution < -0.4 is 4.74 Å². The van der Waals surface area contributed by atoms with E-state index in [9.17, 15) is 17.6 Å². The number of halogens is 1. The van der Waals surface area contributed by atoms with Crippen molar-refractivity contribution in [2.75, 3.05) is 26.0 Å². The number of piperidine rings is 1. The Labute approximate surface area is 178 Å². The minimum atomic E-state index is -3.43. The van der Waals surface area contributed by atoms with E-state index in [1.807, 2.05) is 18.7 Å². The van der Waals surface area contributed by atoms with Gasteiger partial charge in [0.05, 0.1) is 17.6 Å². The number of benzene rings is 1. The molecule has 168 valence electrons. The summed E-state index contributed by atoms with van der Waals surface area (Å²) in [7, 11) is -3.43. The monoisotopic (exact) mass is 441 g/mol. The topological polar surface area (TPSA) is 72.9 Å². The van der Waals surface area contributed by atoms with Crippen molar-refractivity contribution in [3.05, 3.63) is 24.0 Å². The van der Waals surface area contributed by atoms with Gasteiger partial charge in [-0.2, -0.15) is 0 Å². The summed E-state index contributed by atoms with van der Waals surface area (Å²) < 4.78 is 47.7. The zero-order chi connectivity index (χ0) is 21.9. The van der Waals surface area contributed by atoms with Gasteiger partial charge in [-0.3, -0.25) is 0 Å². The molecule has 0 radical (unpaired) electrons. The van der Waals surface area contributed by atoms with Crippen molar-refractivity contribution >= 4 is 15.9 Å². The molecular weight excluding hydrogens is 409 g/mol. The summed E-state index contributed by atoms with van der Waals surface area (Å²) in [5, 5.41) is 0. The fourth-order valence-electron chi connectivity index (χ4n) is 4.60. The first-order valence-electron chi connectivity index (χ1n) is 10.7. The van der Waals surface area contributed by atoms with Crippen LogP contribution >= 0.6 is 0 Å². The summed E-state index contributed by atoms with van der Waals surface area (Å²) in [5.41, 5.74) is 0.369. The van der Waals surface area contributed by atoms with Gasteiger partial charge in [0.2, 0.25) is 0 Å². The molecule has 30 heavy (non-hydrogen) atoms. The molecular formula is C22H32FNO5S.